The first-order valence-corrected chi connectivity index (χ1v) is 5.31. The summed E-state index contributed by atoms with van der Waals surface area (Å²) in [6.45, 7) is 9.16. The molecule has 0 amide bonds. The summed E-state index contributed by atoms with van der Waals surface area (Å²) in [5.41, 5.74) is 1.98. The monoisotopic (exact) mass is 178 g/mol. The minimum absolute atomic E-state index is 0.433. The summed E-state index contributed by atoms with van der Waals surface area (Å²) < 4.78 is 0. The second-order valence-corrected chi connectivity index (χ2v) is 5.42. The van der Waals surface area contributed by atoms with Crippen molar-refractivity contribution in [2.75, 3.05) is 0 Å². The van der Waals surface area contributed by atoms with Gasteiger partial charge in [0, 0.05) is 0 Å². The first-order valence-electron chi connectivity index (χ1n) is 5.31. The molecule has 0 nitrogen and oxygen atoms in total. The van der Waals surface area contributed by atoms with Gasteiger partial charge >= 0.3 is 0 Å². The molecular weight excluding hydrogens is 156 g/mol. The van der Waals surface area contributed by atoms with Crippen molar-refractivity contribution in [2.24, 2.45) is 11.3 Å². The Hall–Kier alpha value is -0.520. The average Bonchev–Trinajstić information content (AvgIpc) is 2.34. The van der Waals surface area contributed by atoms with E-state index in [1.807, 2.05) is 0 Å². The van der Waals surface area contributed by atoms with Crippen molar-refractivity contribution < 1.29 is 0 Å². The average molecular weight is 178 g/mol. The summed E-state index contributed by atoms with van der Waals surface area (Å²) in [5, 5.41) is 0. The Bertz CT molecular complexity index is 213. The lowest BCUT2D eigenvalue weighted by Gasteiger charge is -2.19. The third-order valence-corrected chi connectivity index (χ3v) is 2.36. The molecule has 0 heteroatoms. The van der Waals surface area contributed by atoms with Gasteiger partial charge in [0.25, 0.3) is 0 Å². The van der Waals surface area contributed by atoms with E-state index in [4.69, 9.17) is 0 Å². The van der Waals surface area contributed by atoms with Gasteiger partial charge in [-0.1, -0.05) is 44.6 Å². The molecule has 74 valence electrons. The van der Waals surface area contributed by atoms with E-state index in [0.717, 1.165) is 5.92 Å². The molecule has 0 bridgehead atoms. The Morgan fingerprint density at radius 2 is 2.15 bits per heavy atom. The largest absolute Gasteiger partial charge is 0.0879 e. The number of rotatable bonds is 2. The van der Waals surface area contributed by atoms with Crippen LogP contribution in [0.3, 0.4) is 0 Å². The van der Waals surface area contributed by atoms with Crippen molar-refractivity contribution in [3.05, 3.63) is 23.8 Å². The molecule has 0 saturated heterocycles. The molecule has 0 aromatic carbocycles. The summed E-state index contributed by atoms with van der Waals surface area (Å²) in [6, 6.07) is 0. The van der Waals surface area contributed by atoms with Crippen LogP contribution in [-0.2, 0) is 0 Å². The summed E-state index contributed by atoms with van der Waals surface area (Å²) >= 11 is 0. The summed E-state index contributed by atoms with van der Waals surface area (Å²) in [5.74, 6) is 0.724. The molecule has 0 aromatic heterocycles. The van der Waals surface area contributed by atoms with Crippen LogP contribution in [0, 0.1) is 11.3 Å². The molecule has 0 saturated carbocycles. The fourth-order valence-corrected chi connectivity index (χ4v) is 2.06. The second-order valence-electron chi connectivity index (χ2n) is 5.42. The molecule has 0 aliphatic heterocycles. The van der Waals surface area contributed by atoms with Crippen LogP contribution >= 0.6 is 0 Å². The lowest BCUT2D eigenvalue weighted by Crippen LogP contribution is -2.05. The van der Waals surface area contributed by atoms with Gasteiger partial charge in [-0.2, -0.15) is 0 Å². The number of allylic oxidation sites excluding steroid dienone is 4. The van der Waals surface area contributed by atoms with Gasteiger partial charge in [-0.3, -0.25) is 0 Å². The van der Waals surface area contributed by atoms with E-state index in [0.29, 0.717) is 5.41 Å². The van der Waals surface area contributed by atoms with Crippen molar-refractivity contribution in [2.45, 2.75) is 47.0 Å². The molecule has 1 unspecified atom stereocenters. The van der Waals surface area contributed by atoms with Gasteiger partial charge in [0.15, 0.2) is 0 Å². The molecule has 1 rings (SSSR count). The van der Waals surface area contributed by atoms with Crippen LogP contribution in [0.1, 0.15) is 47.0 Å². The van der Waals surface area contributed by atoms with E-state index in [1.165, 1.54) is 19.3 Å². The van der Waals surface area contributed by atoms with E-state index in [1.54, 1.807) is 5.57 Å². The van der Waals surface area contributed by atoms with Gasteiger partial charge in [-0.05, 0) is 37.5 Å². The summed E-state index contributed by atoms with van der Waals surface area (Å²) in [4.78, 5) is 0. The molecule has 0 spiro atoms. The van der Waals surface area contributed by atoms with Gasteiger partial charge in [0.05, 0.1) is 0 Å². The molecule has 0 heterocycles. The molecule has 0 radical (unpaired) electrons. The first kappa shape index (κ1) is 10.6. The number of hydrogen-bond donors (Lipinski definition) is 0. The van der Waals surface area contributed by atoms with Gasteiger partial charge in [0.2, 0.25) is 0 Å². The molecule has 0 N–H and O–H groups in total. The smallest absolute Gasteiger partial charge is 0.00480 e. The standard InChI is InChI=1S/C13H22/c1-11(10-13(2,3)4)9-12-7-5-6-8-12/h5,7,9,12H,6,8,10H2,1-4H3. The Labute approximate surface area is 82.7 Å². The van der Waals surface area contributed by atoms with Crippen LogP contribution in [0.5, 0.6) is 0 Å². The van der Waals surface area contributed by atoms with Crippen LogP contribution in [0.2, 0.25) is 0 Å². The fraction of sp³-hybridized carbons (Fsp3) is 0.692. The van der Waals surface area contributed by atoms with Crippen LogP contribution in [0.15, 0.2) is 23.8 Å². The van der Waals surface area contributed by atoms with Crippen molar-refractivity contribution in [1.82, 2.24) is 0 Å². The number of hydrogen-bond acceptors (Lipinski definition) is 0. The highest BCUT2D eigenvalue weighted by Crippen LogP contribution is 2.26. The molecule has 1 aliphatic carbocycles. The predicted molar refractivity (Wildman–Crippen MR) is 59.7 cm³/mol. The van der Waals surface area contributed by atoms with Gasteiger partial charge in [0.1, 0.15) is 0 Å². The lowest BCUT2D eigenvalue weighted by atomic mass is 9.87. The zero-order chi connectivity index (χ0) is 9.90. The Kier molecular flexibility index (Phi) is 3.35. The quantitative estimate of drug-likeness (QED) is 0.552. The summed E-state index contributed by atoms with van der Waals surface area (Å²) in [7, 11) is 0. The SMILES string of the molecule is CC(=CC1C=CCC1)CC(C)(C)C. The van der Waals surface area contributed by atoms with Crippen molar-refractivity contribution in [1.29, 1.82) is 0 Å². The van der Waals surface area contributed by atoms with E-state index in [2.05, 4.69) is 45.9 Å². The van der Waals surface area contributed by atoms with Gasteiger partial charge in [-0.15, -0.1) is 0 Å². The normalized spacial score (nSPS) is 24.0. The fourth-order valence-electron chi connectivity index (χ4n) is 2.06. The van der Waals surface area contributed by atoms with Crippen molar-refractivity contribution in [3.63, 3.8) is 0 Å². The zero-order valence-corrected chi connectivity index (χ0v) is 9.43. The molecule has 13 heavy (non-hydrogen) atoms. The first-order chi connectivity index (χ1) is 5.97. The van der Waals surface area contributed by atoms with Crippen molar-refractivity contribution >= 4 is 0 Å². The molecular formula is C13H22. The second kappa shape index (κ2) is 4.13. The lowest BCUT2D eigenvalue weighted by molar-refractivity contribution is 0.408. The van der Waals surface area contributed by atoms with E-state index in [9.17, 15) is 0 Å². The molecule has 1 atom stereocenters. The van der Waals surface area contributed by atoms with Crippen LogP contribution in [0.4, 0.5) is 0 Å². The molecule has 0 fully saturated rings. The maximum atomic E-state index is 2.44. The molecule has 0 aromatic rings. The Morgan fingerprint density at radius 3 is 2.62 bits per heavy atom. The highest BCUT2D eigenvalue weighted by molar-refractivity contribution is 5.11. The van der Waals surface area contributed by atoms with Crippen LogP contribution in [0.25, 0.3) is 0 Å². The van der Waals surface area contributed by atoms with Gasteiger partial charge in [-0.25, -0.2) is 0 Å². The van der Waals surface area contributed by atoms with Crippen molar-refractivity contribution in [3.8, 4) is 0 Å². The third-order valence-electron chi connectivity index (χ3n) is 2.36. The Morgan fingerprint density at radius 1 is 1.46 bits per heavy atom. The maximum Gasteiger partial charge on any atom is -0.00480 e. The van der Waals surface area contributed by atoms with E-state index in [-0.39, 0.29) is 0 Å². The van der Waals surface area contributed by atoms with Crippen LogP contribution < -0.4 is 0 Å². The zero-order valence-electron chi connectivity index (χ0n) is 9.43. The maximum absolute atomic E-state index is 2.44. The third kappa shape index (κ3) is 4.31. The topological polar surface area (TPSA) is 0 Å². The molecule has 1 aliphatic rings. The minimum Gasteiger partial charge on any atom is -0.0879 e. The highest BCUT2D eigenvalue weighted by atomic mass is 14.2. The summed E-state index contributed by atoms with van der Waals surface area (Å²) in [6.07, 6.45) is 10.9. The Balaban J connectivity index is 2.46. The predicted octanol–water partition coefficient (Wildman–Crippen LogP) is 4.34. The van der Waals surface area contributed by atoms with E-state index < -0.39 is 0 Å². The minimum atomic E-state index is 0.433. The highest BCUT2D eigenvalue weighted by Gasteiger charge is 2.12. The van der Waals surface area contributed by atoms with E-state index >= 15 is 0 Å². The van der Waals surface area contributed by atoms with Gasteiger partial charge < -0.3 is 0 Å². The van der Waals surface area contributed by atoms with Crippen LogP contribution in [-0.4, -0.2) is 0 Å².